The Balaban J connectivity index is 1.96. The molecule has 2 atom stereocenters. The highest BCUT2D eigenvalue weighted by atomic mass is 19.4. The summed E-state index contributed by atoms with van der Waals surface area (Å²) < 4.78 is 48.9. The van der Waals surface area contributed by atoms with E-state index >= 15 is 0 Å². The lowest BCUT2D eigenvalue weighted by Gasteiger charge is -2.29. The van der Waals surface area contributed by atoms with E-state index in [1.54, 1.807) is 7.11 Å². The van der Waals surface area contributed by atoms with Crippen molar-refractivity contribution in [3.63, 3.8) is 0 Å². The van der Waals surface area contributed by atoms with E-state index < -0.39 is 12.1 Å². The fourth-order valence-corrected chi connectivity index (χ4v) is 2.85. The van der Waals surface area contributed by atoms with Crippen molar-refractivity contribution >= 4 is 0 Å². The molecular formula is C14H21F3N2O2. The molecule has 4 nitrogen and oxygen atoms in total. The zero-order valence-corrected chi connectivity index (χ0v) is 12.1. The molecule has 1 aromatic heterocycles. The summed E-state index contributed by atoms with van der Waals surface area (Å²) in [7, 11) is 1.61. The molecule has 1 fully saturated rings. The van der Waals surface area contributed by atoms with Crippen LogP contribution in [0.2, 0.25) is 0 Å². The van der Waals surface area contributed by atoms with Crippen LogP contribution in [0.4, 0.5) is 13.2 Å². The highest BCUT2D eigenvalue weighted by molar-refractivity contribution is 5.14. The summed E-state index contributed by atoms with van der Waals surface area (Å²) in [4.78, 5) is 4.13. The average Bonchev–Trinajstić information content (AvgIpc) is 2.91. The molecule has 1 aliphatic rings. The van der Waals surface area contributed by atoms with E-state index in [1.165, 1.54) is 6.39 Å². The molecule has 120 valence electrons. The molecule has 1 saturated carbocycles. The third kappa shape index (κ3) is 4.44. The average molecular weight is 306 g/mol. The number of nitrogens with one attached hydrogen (secondary N) is 1. The molecule has 0 radical (unpaired) electrons. The van der Waals surface area contributed by atoms with E-state index in [2.05, 4.69) is 10.3 Å². The van der Waals surface area contributed by atoms with Crippen LogP contribution in [-0.4, -0.2) is 31.4 Å². The predicted molar refractivity (Wildman–Crippen MR) is 70.8 cm³/mol. The summed E-state index contributed by atoms with van der Waals surface area (Å²) in [6, 6.07) is 0. The summed E-state index contributed by atoms with van der Waals surface area (Å²) in [6.07, 6.45) is -1.17. The Labute approximate surface area is 122 Å². The number of alkyl halides is 3. The first-order chi connectivity index (χ1) is 10.0. The van der Waals surface area contributed by atoms with E-state index in [4.69, 9.17) is 9.15 Å². The van der Waals surface area contributed by atoms with Crippen molar-refractivity contribution in [2.24, 2.45) is 5.92 Å². The highest BCUT2D eigenvalue weighted by Gasteiger charge is 2.43. The van der Waals surface area contributed by atoms with E-state index in [1.807, 2.05) is 0 Å². The van der Waals surface area contributed by atoms with Gasteiger partial charge in [0, 0.05) is 26.1 Å². The van der Waals surface area contributed by atoms with Gasteiger partial charge in [0.05, 0.1) is 18.2 Å². The number of oxazole rings is 1. The van der Waals surface area contributed by atoms with Gasteiger partial charge in [0.25, 0.3) is 0 Å². The van der Waals surface area contributed by atoms with Crippen LogP contribution < -0.4 is 5.32 Å². The molecule has 0 aliphatic heterocycles. The van der Waals surface area contributed by atoms with Gasteiger partial charge in [-0.1, -0.05) is 6.42 Å². The van der Waals surface area contributed by atoms with Gasteiger partial charge in [-0.25, -0.2) is 4.98 Å². The minimum atomic E-state index is -4.12. The molecule has 0 aromatic carbocycles. The van der Waals surface area contributed by atoms with Gasteiger partial charge in [-0.15, -0.1) is 0 Å². The van der Waals surface area contributed by atoms with E-state index in [9.17, 15) is 13.2 Å². The molecule has 0 spiro atoms. The smallest absolute Gasteiger partial charge is 0.391 e. The van der Waals surface area contributed by atoms with Crippen LogP contribution in [0.15, 0.2) is 10.8 Å². The first kappa shape index (κ1) is 16.3. The van der Waals surface area contributed by atoms with Crippen LogP contribution in [0.25, 0.3) is 0 Å². The fourth-order valence-electron chi connectivity index (χ4n) is 2.85. The fraction of sp³-hybridized carbons (Fsp3) is 0.786. The largest absolute Gasteiger partial charge is 0.448 e. The van der Waals surface area contributed by atoms with E-state index in [0.717, 1.165) is 6.42 Å². The lowest BCUT2D eigenvalue weighted by molar-refractivity contribution is -0.183. The molecule has 21 heavy (non-hydrogen) atoms. The molecule has 1 N–H and O–H groups in total. The molecule has 0 bridgehead atoms. The monoisotopic (exact) mass is 306 g/mol. The zero-order valence-electron chi connectivity index (χ0n) is 12.1. The summed E-state index contributed by atoms with van der Waals surface area (Å²) in [5.74, 6) is -0.809. The van der Waals surface area contributed by atoms with Crippen molar-refractivity contribution in [2.45, 2.75) is 44.3 Å². The zero-order chi connectivity index (χ0) is 15.3. The summed E-state index contributed by atoms with van der Waals surface area (Å²) in [5, 5.41) is 3.14. The van der Waals surface area contributed by atoms with Crippen molar-refractivity contribution in [3.8, 4) is 0 Å². The lowest BCUT2D eigenvalue weighted by atomic mass is 9.79. The molecule has 7 heteroatoms. The summed E-state index contributed by atoms with van der Waals surface area (Å²) in [6.45, 7) is 1.73. The van der Waals surface area contributed by atoms with E-state index in [-0.39, 0.29) is 18.8 Å². The van der Waals surface area contributed by atoms with Crippen LogP contribution in [0.1, 0.15) is 43.1 Å². The van der Waals surface area contributed by atoms with Crippen LogP contribution in [0.3, 0.4) is 0 Å². The van der Waals surface area contributed by atoms with Gasteiger partial charge in [0.15, 0.2) is 6.39 Å². The van der Waals surface area contributed by atoms with Crippen molar-refractivity contribution in [1.82, 2.24) is 10.3 Å². The number of rotatable bonds is 6. The van der Waals surface area contributed by atoms with Gasteiger partial charge >= 0.3 is 6.18 Å². The number of nitrogens with zero attached hydrogens (tertiary/aromatic N) is 1. The molecule has 2 rings (SSSR count). The standard InChI is InChI=1S/C14H21F3N2O2/c1-20-6-5-18-8-12-13(21-9-19-12)10-3-2-4-11(7-10)14(15,16)17/h9-11,18H,2-8H2,1H3. The summed E-state index contributed by atoms with van der Waals surface area (Å²) in [5.41, 5.74) is 0.707. The Morgan fingerprint density at radius 1 is 1.43 bits per heavy atom. The number of hydrogen-bond donors (Lipinski definition) is 1. The number of ether oxygens (including phenoxy) is 1. The van der Waals surface area contributed by atoms with Crippen LogP contribution >= 0.6 is 0 Å². The first-order valence-electron chi connectivity index (χ1n) is 7.21. The van der Waals surface area contributed by atoms with Gasteiger partial charge in [0.1, 0.15) is 5.76 Å². The van der Waals surface area contributed by atoms with Crippen molar-refractivity contribution in [1.29, 1.82) is 0 Å². The van der Waals surface area contributed by atoms with Crippen molar-refractivity contribution in [3.05, 3.63) is 17.8 Å². The van der Waals surface area contributed by atoms with Gasteiger partial charge in [-0.3, -0.25) is 0 Å². The molecule has 0 saturated heterocycles. The van der Waals surface area contributed by atoms with Crippen LogP contribution in [-0.2, 0) is 11.3 Å². The van der Waals surface area contributed by atoms with Gasteiger partial charge in [-0.05, 0) is 19.3 Å². The van der Waals surface area contributed by atoms with Crippen molar-refractivity contribution in [2.75, 3.05) is 20.3 Å². The maximum Gasteiger partial charge on any atom is 0.391 e. The second-order valence-electron chi connectivity index (χ2n) is 5.43. The number of methoxy groups -OCH3 is 1. The first-order valence-corrected chi connectivity index (χ1v) is 7.21. The molecule has 2 unspecified atom stereocenters. The predicted octanol–water partition coefficient (Wildman–Crippen LogP) is 3.25. The Hall–Kier alpha value is -1.08. The van der Waals surface area contributed by atoms with Gasteiger partial charge in [0.2, 0.25) is 0 Å². The molecule has 0 amide bonds. The number of halogens is 3. The lowest BCUT2D eigenvalue weighted by Crippen LogP contribution is -2.28. The van der Waals surface area contributed by atoms with Crippen LogP contribution in [0.5, 0.6) is 0 Å². The molecule has 1 aromatic rings. The maximum absolute atomic E-state index is 12.9. The topological polar surface area (TPSA) is 47.3 Å². The van der Waals surface area contributed by atoms with Gasteiger partial charge < -0.3 is 14.5 Å². The quantitative estimate of drug-likeness (QED) is 0.820. The second-order valence-corrected chi connectivity index (χ2v) is 5.43. The van der Waals surface area contributed by atoms with Crippen molar-refractivity contribution < 1.29 is 22.3 Å². The molecular weight excluding hydrogens is 285 g/mol. The third-order valence-electron chi connectivity index (χ3n) is 3.96. The Bertz CT molecular complexity index is 434. The van der Waals surface area contributed by atoms with Crippen LogP contribution in [0, 0.1) is 5.92 Å². The Morgan fingerprint density at radius 3 is 2.95 bits per heavy atom. The van der Waals surface area contributed by atoms with E-state index in [0.29, 0.717) is 37.6 Å². The number of aromatic nitrogens is 1. The number of hydrogen-bond acceptors (Lipinski definition) is 4. The molecule has 1 heterocycles. The Kier molecular flexibility index (Phi) is 5.64. The van der Waals surface area contributed by atoms with Gasteiger partial charge in [-0.2, -0.15) is 13.2 Å². The minimum absolute atomic E-state index is 0.101. The third-order valence-corrected chi connectivity index (χ3v) is 3.96. The second kappa shape index (κ2) is 7.26. The Morgan fingerprint density at radius 2 is 2.24 bits per heavy atom. The highest BCUT2D eigenvalue weighted by Crippen LogP contribution is 2.44. The SMILES string of the molecule is COCCNCc1ncoc1C1CCCC(C(F)(F)F)C1. The maximum atomic E-state index is 12.9. The minimum Gasteiger partial charge on any atom is -0.448 e. The normalized spacial score (nSPS) is 23.4. The summed E-state index contributed by atoms with van der Waals surface area (Å²) >= 11 is 0. The molecule has 1 aliphatic carbocycles.